The first-order valence-electron chi connectivity index (χ1n) is 6.47. The molecule has 2 rings (SSSR count). The number of nitrogens with two attached hydrogens (primary N) is 1. The molecular weight excluding hydrogens is 339 g/mol. The highest BCUT2D eigenvalue weighted by molar-refractivity contribution is 14.1. The number of amides is 1. The number of hydrogen-bond acceptors (Lipinski definition) is 2. The van der Waals surface area contributed by atoms with Crippen LogP contribution in [0.15, 0.2) is 24.3 Å². The van der Waals surface area contributed by atoms with Gasteiger partial charge in [0.2, 0.25) is 0 Å². The molecule has 1 amide bonds. The van der Waals surface area contributed by atoms with Gasteiger partial charge >= 0.3 is 0 Å². The standard InChI is InChI=1S/C14H19IN2O/c15-12-6-3-5-10(8-12)14(18)17-13-7-2-1-4-11(13)9-16/h3,5-6,8,11,13H,1-2,4,7,9,16H2,(H,17,18). The third-order valence-electron chi connectivity index (χ3n) is 3.62. The molecule has 2 atom stereocenters. The lowest BCUT2D eigenvalue weighted by Crippen LogP contribution is -2.44. The van der Waals surface area contributed by atoms with Crippen molar-refractivity contribution in [1.82, 2.24) is 5.32 Å². The predicted molar refractivity (Wildman–Crippen MR) is 81.4 cm³/mol. The van der Waals surface area contributed by atoms with Gasteiger partial charge < -0.3 is 11.1 Å². The molecule has 1 fully saturated rings. The Morgan fingerprint density at radius 1 is 1.39 bits per heavy atom. The van der Waals surface area contributed by atoms with E-state index in [1.165, 1.54) is 12.8 Å². The number of rotatable bonds is 3. The number of halogens is 1. The summed E-state index contributed by atoms with van der Waals surface area (Å²) < 4.78 is 1.08. The second-order valence-corrected chi connectivity index (χ2v) is 6.12. The van der Waals surface area contributed by atoms with E-state index >= 15 is 0 Å². The molecule has 1 aromatic rings. The van der Waals surface area contributed by atoms with Gasteiger partial charge in [0.1, 0.15) is 0 Å². The van der Waals surface area contributed by atoms with Gasteiger partial charge in [-0.3, -0.25) is 4.79 Å². The molecule has 0 radical (unpaired) electrons. The SMILES string of the molecule is NCC1CCCCC1NC(=O)c1cccc(I)c1. The maximum absolute atomic E-state index is 12.2. The van der Waals surface area contributed by atoms with Crippen molar-refractivity contribution in [2.75, 3.05) is 6.54 Å². The first-order valence-corrected chi connectivity index (χ1v) is 7.55. The predicted octanol–water partition coefficient (Wildman–Crippen LogP) is 2.54. The molecule has 4 heteroatoms. The van der Waals surface area contributed by atoms with Crippen LogP contribution in [0.25, 0.3) is 0 Å². The topological polar surface area (TPSA) is 55.1 Å². The van der Waals surface area contributed by atoms with E-state index in [0.29, 0.717) is 12.5 Å². The van der Waals surface area contributed by atoms with Crippen molar-refractivity contribution in [2.45, 2.75) is 31.7 Å². The smallest absolute Gasteiger partial charge is 0.251 e. The fraction of sp³-hybridized carbons (Fsp3) is 0.500. The van der Waals surface area contributed by atoms with Crippen LogP contribution in [0.2, 0.25) is 0 Å². The number of carbonyl (C=O) groups is 1. The van der Waals surface area contributed by atoms with Crippen molar-refractivity contribution < 1.29 is 4.79 Å². The molecule has 0 aromatic heterocycles. The van der Waals surface area contributed by atoms with E-state index in [1.54, 1.807) is 0 Å². The summed E-state index contributed by atoms with van der Waals surface area (Å²) in [6, 6.07) is 7.92. The van der Waals surface area contributed by atoms with Crippen molar-refractivity contribution in [2.24, 2.45) is 11.7 Å². The molecule has 0 saturated heterocycles. The van der Waals surface area contributed by atoms with Crippen molar-refractivity contribution in [1.29, 1.82) is 0 Å². The van der Waals surface area contributed by atoms with Gasteiger partial charge in [0.25, 0.3) is 5.91 Å². The first-order chi connectivity index (χ1) is 8.70. The van der Waals surface area contributed by atoms with Gasteiger partial charge in [0, 0.05) is 15.2 Å². The maximum Gasteiger partial charge on any atom is 0.251 e. The first kappa shape index (κ1) is 13.8. The number of carbonyl (C=O) groups excluding carboxylic acids is 1. The van der Waals surface area contributed by atoms with E-state index < -0.39 is 0 Å². The minimum Gasteiger partial charge on any atom is -0.349 e. The van der Waals surface area contributed by atoms with Crippen LogP contribution in [-0.4, -0.2) is 18.5 Å². The summed E-state index contributed by atoms with van der Waals surface area (Å²) in [6.45, 7) is 0.664. The zero-order valence-corrected chi connectivity index (χ0v) is 12.5. The Bertz CT molecular complexity index is 422. The average molecular weight is 358 g/mol. The minimum atomic E-state index is 0.0267. The summed E-state index contributed by atoms with van der Waals surface area (Å²) in [7, 11) is 0. The molecule has 0 spiro atoms. The third kappa shape index (κ3) is 3.45. The molecule has 1 aromatic carbocycles. The lowest BCUT2D eigenvalue weighted by molar-refractivity contribution is 0.0908. The Balaban J connectivity index is 2.02. The largest absolute Gasteiger partial charge is 0.349 e. The molecule has 1 aliphatic carbocycles. The highest BCUT2D eigenvalue weighted by Gasteiger charge is 2.25. The molecular formula is C14H19IN2O. The molecule has 0 bridgehead atoms. The van der Waals surface area contributed by atoms with Gasteiger partial charge in [-0.15, -0.1) is 0 Å². The van der Waals surface area contributed by atoms with Gasteiger partial charge in [0.15, 0.2) is 0 Å². The summed E-state index contributed by atoms with van der Waals surface area (Å²) in [4.78, 5) is 12.2. The van der Waals surface area contributed by atoms with E-state index in [4.69, 9.17) is 5.73 Å². The quantitative estimate of drug-likeness (QED) is 0.816. The summed E-state index contributed by atoms with van der Waals surface area (Å²) in [5, 5.41) is 3.14. The van der Waals surface area contributed by atoms with Crippen molar-refractivity contribution in [3.05, 3.63) is 33.4 Å². The Morgan fingerprint density at radius 2 is 2.17 bits per heavy atom. The normalized spacial score (nSPS) is 23.7. The minimum absolute atomic E-state index is 0.0267. The van der Waals surface area contributed by atoms with Gasteiger partial charge in [-0.1, -0.05) is 18.9 Å². The Labute approximate surface area is 122 Å². The lowest BCUT2D eigenvalue weighted by atomic mass is 9.84. The van der Waals surface area contributed by atoms with E-state index in [9.17, 15) is 4.79 Å². The molecule has 2 unspecified atom stereocenters. The van der Waals surface area contributed by atoms with Gasteiger partial charge in [0.05, 0.1) is 0 Å². The molecule has 0 aliphatic heterocycles. The maximum atomic E-state index is 12.2. The van der Waals surface area contributed by atoms with E-state index in [2.05, 4.69) is 27.9 Å². The molecule has 18 heavy (non-hydrogen) atoms. The fourth-order valence-electron chi connectivity index (χ4n) is 2.56. The molecule has 98 valence electrons. The van der Waals surface area contributed by atoms with Crippen molar-refractivity contribution in [3.8, 4) is 0 Å². The molecule has 1 saturated carbocycles. The van der Waals surface area contributed by atoms with Crippen LogP contribution in [0.3, 0.4) is 0 Å². The highest BCUT2D eigenvalue weighted by Crippen LogP contribution is 2.23. The van der Waals surface area contributed by atoms with Crippen LogP contribution < -0.4 is 11.1 Å². The van der Waals surface area contributed by atoms with Crippen LogP contribution in [0.1, 0.15) is 36.0 Å². The van der Waals surface area contributed by atoms with E-state index in [-0.39, 0.29) is 11.9 Å². The van der Waals surface area contributed by atoms with Gasteiger partial charge in [-0.05, 0) is 66.1 Å². The number of nitrogens with one attached hydrogen (secondary N) is 1. The third-order valence-corrected chi connectivity index (χ3v) is 4.29. The summed E-state index contributed by atoms with van der Waals surface area (Å²) in [6.07, 6.45) is 4.61. The van der Waals surface area contributed by atoms with Crippen LogP contribution in [0.5, 0.6) is 0 Å². The van der Waals surface area contributed by atoms with E-state index in [1.807, 2.05) is 24.3 Å². The average Bonchev–Trinajstić information content (AvgIpc) is 2.39. The van der Waals surface area contributed by atoms with Crippen LogP contribution in [0.4, 0.5) is 0 Å². The van der Waals surface area contributed by atoms with Crippen molar-refractivity contribution >= 4 is 28.5 Å². The zero-order valence-electron chi connectivity index (χ0n) is 10.4. The van der Waals surface area contributed by atoms with Crippen LogP contribution in [-0.2, 0) is 0 Å². The molecule has 1 aliphatic rings. The molecule has 0 heterocycles. The molecule has 3 nitrogen and oxygen atoms in total. The summed E-state index contributed by atoms with van der Waals surface area (Å²) in [5.74, 6) is 0.462. The second kappa shape index (κ2) is 6.52. The Kier molecular flexibility index (Phi) is 5.00. The highest BCUT2D eigenvalue weighted by atomic mass is 127. The fourth-order valence-corrected chi connectivity index (χ4v) is 3.10. The second-order valence-electron chi connectivity index (χ2n) is 4.87. The van der Waals surface area contributed by atoms with Gasteiger partial charge in [-0.2, -0.15) is 0 Å². The summed E-state index contributed by atoms with van der Waals surface area (Å²) >= 11 is 2.22. The van der Waals surface area contributed by atoms with Crippen LogP contribution >= 0.6 is 22.6 Å². The van der Waals surface area contributed by atoms with Crippen molar-refractivity contribution in [3.63, 3.8) is 0 Å². The Hall–Kier alpha value is -0.620. The number of benzene rings is 1. The van der Waals surface area contributed by atoms with E-state index in [0.717, 1.165) is 22.0 Å². The molecule has 3 N–H and O–H groups in total. The zero-order chi connectivity index (χ0) is 13.0. The van der Waals surface area contributed by atoms with Gasteiger partial charge in [-0.25, -0.2) is 0 Å². The number of hydrogen-bond donors (Lipinski definition) is 2. The lowest BCUT2D eigenvalue weighted by Gasteiger charge is -2.31. The monoisotopic (exact) mass is 358 g/mol. The summed E-state index contributed by atoms with van der Waals surface area (Å²) in [5.41, 5.74) is 6.52. The van der Waals surface area contributed by atoms with Crippen LogP contribution in [0, 0.1) is 9.49 Å². The Morgan fingerprint density at radius 3 is 2.89 bits per heavy atom.